The van der Waals surface area contributed by atoms with Crippen molar-refractivity contribution in [3.63, 3.8) is 0 Å². The molecule has 0 radical (unpaired) electrons. The molecule has 0 aromatic carbocycles. The third-order valence-corrected chi connectivity index (χ3v) is 7.07. The van der Waals surface area contributed by atoms with E-state index >= 15 is 0 Å². The van der Waals surface area contributed by atoms with Crippen LogP contribution in [0, 0.1) is 11.8 Å². The van der Waals surface area contributed by atoms with E-state index in [0.29, 0.717) is 48.9 Å². The maximum absolute atomic E-state index is 12.9. The fraction of sp³-hybridized carbons (Fsp3) is 0.619. The van der Waals surface area contributed by atoms with E-state index in [1.54, 1.807) is 28.0 Å². The van der Waals surface area contributed by atoms with Gasteiger partial charge in [-0.3, -0.25) is 18.7 Å². The Morgan fingerprint density at radius 1 is 1.07 bits per heavy atom. The minimum Gasteiger partial charge on any atom is -0.339 e. The average molecular weight is 478 g/mol. The molecule has 2 aliphatic rings. The monoisotopic (exact) mass is 477 g/mol. The van der Waals surface area contributed by atoms with E-state index in [1.165, 1.54) is 0 Å². The molecule has 8 nitrogen and oxygen atoms in total. The lowest BCUT2D eigenvalue weighted by Crippen LogP contribution is -2.51. The second-order valence-electron chi connectivity index (χ2n) is 8.48. The van der Waals surface area contributed by atoms with Gasteiger partial charge in [-0.25, -0.2) is 9.78 Å². The van der Waals surface area contributed by atoms with Crippen LogP contribution in [-0.2, 0) is 23.2 Å². The van der Waals surface area contributed by atoms with Gasteiger partial charge in [0.15, 0.2) is 5.65 Å². The van der Waals surface area contributed by atoms with Crippen molar-refractivity contribution in [2.75, 3.05) is 26.2 Å². The number of carbonyl (C=O) groups excluding carboxylic acids is 2. The largest absolute Gasteiger partial charge is 0.339 e. The molecule has 2 amide bonds. The second-order valence-corrected chi connectivity index (χ2v) is 9.29. The summed E-state index contributed by atoms with van der Waals surface area (Å²) in [6.45, 7) is 4.73. The fourth-order valence-electron chi connectivity index (χ4n) is 4.77. The zero-order valence-electron chi connectivity index (χ0n) is 17.5. The Morgan fingerprint density at radius 3 is 2.33 bits per heavy atom. The molecule has 30 heavy (non-hydrogen) atoms. The van der Waals surface area contributed by atoms with Crippen LogP contribution in [0.2, 0.25) is 0 Å². The zero-order valence-corrected chi connectivity index (χ0v) is 19.1. The van der Waals surface area contributed by atoms with Gasteiger partial charge in [-0.1, -0.05) is 0 Å². The maximum atomic E-state index is 12.9. The minimum absolute atomic E-state index is 0.0443. The van der Waals surface area contributed by atoms with Crippen molar-refractivity contribution in [1.82, 2.24) is 23.9 Å². The molecule has 0 unspecified atom stereocenters. The Labute approximate surface area is 184 Å². The highest BCUT2D eigenvalue weighted by atomic mass is 79.9. The van der Waals surface area contributed by atoms with Crippen molar-refractivity contribution in [3.05, 3.63) is 27.2 Å². The molecule has 3 heterocycles. The topological polar surface area (TPSA) is 80.4 Å². The summed E-state index contributed by atoms with van der Waals surface area (Å²) in [6, 6.07) is 3.75. The third kappa shape index (κ3) is 4.04. The highest BCUT2D eigenvalue weighted by Gasteiger charge is 2.32. The van der Waals surface area contributed by atoms with Gasteiger partial charge >= 0.3 is 5.69 Å². The summed E-state index contributed by atoms with van der Waals surface area (Å²) in [5, 5.41) is 0. The van der Waals surface area contributed by atoms with Gasteiger partial charge in [0, 0.05) is 52.6 Å². The Bertz CT molecular complexity index is 1010. The number of aromatic nitrogens is 3. The molecule has 1 aliphatic heterocycles. The first-order chi connectivity index (χ1) is 14.3. The lowest BCUT2D eigenvalue weighted by Gasteiger charge is -2.37. The van der Waals surface area contributed by atoms with Crippen LogP contribution in [0.15, 0.2) is 21.5 Å². The van der Waals surface area contributed by atoms with E-state index in [-0.39, 0.29) is 23.4 Å². The summed E-state index contributed by atoms with van der Waals surface area (Å²) in [5.41, 5.74) is 1.49. The number of hydrogen-bond acceptors (Lipinski definition) is 4. The Balaban J connectivity index is 1.37. The molecule has 9 heteroatoms. The number of aryl methyl sites for hydroxylation is 1. The predicted molar refractivity (Wildman–Crippen MR) is 117 cm³/mol. The van der Waals surface area contributed by atoms with Gasteiger partial charge in [0.05, 0.1) is 5.52 Å². The van der Waals surface area contributed by atoms with Crippen molar-refractivity contribution in [3.8, 4) is 0 Å². The highest BCUT2D eigenvalue weighted by Crippen LogP contribution is 2.31. The molecule has 0 N–H and O–H groups in total. The van der Waals surface area contributed by atoms with Gasteiger partial charge in [-0.05, 0) is 59.7 Å². The van der Waals surface area contributed by atoms with Gasteiger partial charge in [-0.2, -0.15) is 0 Å². The molecular weight excluding hydrogens is 450 g/mol. The first kappa shape index (κ1) is 21.1. The highest BCUT2D eigenvalue weighted by molar-refractivity contribution is 9.10. The quantitative estimate of drug-likeness (QED) is 0.633. The van der Waals surface area contributed by atoms with Crippen LogP contribution in [0.5, 0.6) is 0 Å². The Kier molecular flexibility index (Phi) is 5.99. The van der Waals surface area contributed by atoms with Gasteiger partial charge < -0.3 is 9.80 Å². The maximum Gasteiger partial charge on any atom is 0.330 e. The van der Waals surface area contributed by atoms with Crippen LogP contribution >= 0.6 is 15.9 Å². The average Bonchev–Trinajstić information content (AvgIpc) is 2.98. The Morgan fingerprint density at radius 2 is 1.70 bits per heavy atom. The standard InChI is InChI=1S/C21H28BrN5O3/c1-14(28)25-9-11-26(12-10-25)20(29)16-5-3-15(4-6-16)13-27-19-17(24(2)21(27)30)7-8-18(22)23-19/h7-8,15-16H,3-6,9-13H2,1-2H3. The number of halogens is 1. The number of amides is 2. The van der Waals surface area contributed by atoms with Crippen molar-refractivity contribution < 1.29 is 9.59 Å². The summed E-state index contributed by atoms with van der Waals surface area (Å²) in [6.07, 6.45) is 3.57. The van der Waals surface area contributed by atoms with Crippen molar-refractivity contribution in [2.45, 2.75) is 39.2 Å². The van der Waals surface area contributed by atoms with Gasteiger partial charge in [0.25, 0.3) is 0 Å². The predicted octanol–water partition coefficient (Wildman–Crippen LogP) is 1.99. The normalized spacial score (nSPS) is 22.5. The second kappa shape index (κ2) is 8.53. The number of rotatable bonds is 3. The van der Waals surface area contributed by atoms with Crippen LogP contribution in [0.3, 0.4) is 0 Å². The number of nitrogens with zero attached hydrogens (tertiary/aromatic N) is 5. The summed E-state index contributed by atoms with van der Waals surface area (Å²) in [5.74, 6) is 0.728. The molecular formula is C21H28BrN5O3. The first-order valence-electron chi connectivity index (χ1n) is 10.6. The lowest BCUT2D eigenvalue weighted by atomic mass is 9.81. The van der Waals surface area contributed by atoms with Crippen LogP contribution < -0.4 is 5.69 Å². The number of carbonyl (C=O) groups is 2. The molecule has 1 saturated carbocycles. The van der Waals surface area contributed by atoms with E-state index in [4.69, 9.17) is 0 Å². The minimum atomic E-state index is -0.0443. The molecule has 2 aromatic heterocycles. The number of hydrogen-bond donors (Lipinski definition) is 0. The van der Waals surface area contributed by atoms with Gasteiger partial charge in [-0.15, -0.1) is 0 Å². The fourth-order valence-corrected chi connectivity index (χ4v) is 5.07. The van der Waals surface area contributed by atoms with Crippen LogP contribution in [0.4, 0.5) is 0 Å². The zero-order chi connectivity index (χ0) is 21.4. The molecule has 2 aromatic rings. The molecule has 0 spiro atoms. The van der Waals surface area contributed by atoms with Gasteiger partial charge in [0.1, 0.15) is 4.60 Å². The number of pyridine rings is 1. The Hall–Kier alpha value is -2.16. The van der Waals surface area contributed by atoms with Crippen LogP contribution in [-0.4, -0.2) is 61.9 Å². The van der Waals surface area contributed by atoms with Crippen LogP contribution in [0.25, 0.3) is 11.2 Å². The summed E-state index contributed by atoms with van der Waals surface area (Å²) in [7, 11) is 1.78. The van der Waals surface area contributed by atoms with E-state index in [0.717, 1.165) is 31.2 Å². The molecule has 0 atom stereocenters. The number of fused-ring (bicyclic) bond motifs is 1. The third-order valence-electron chi connectivity index (χ3n) is 6.63. The molecule has 1 aliphatic carbocycles. The number of piperazine rings is 1. The van der Waals surface area contributed by atoms with Crippen molar-refractivity contribution in [1.29, 1.82) is 0 Å². The van der Waals surface area contributed by atoms with Crippen LogP contribution in [0.1, 0.15) is 32.6 Å². The molecule has 0 bridgehead atoms. The summed E-state index contributed by atoms with van der Waals surface area (Å²) < 4.78 is 4.13. The lowest BCUT2D eigenvalue weighted by molar-refractivity contribution is -0.142. The van der Waals surface area contributed by atoms with E-state index in [9.17, 15) is 14.4 Å². The van der Waals surface area contributed by atoms with Crippen molar-refractivity contribution >= 4 is 38.9 Å². The molecule has 162 valence electrons. The molecule has 4 rings (SSSR count). The van der Waals surface area contributed by atoms with Gasteiger partial charge in [0.2, 0.25) is 11.8 Å². The SMILES string of the molecule is CC(=O)N1CCN(C(=O)C2CCC(Cn3c(=O)n(C)c4ccc(Br)nc43)CC2)CC1. The smallest absolute Gasteiger partial charge is 0.330 e. The van der Waals surface area contributed by atoms with Crippen molar-refractivity contribution in [2.24, 2.45) is 18.9 Å². The number of imidazole rings is 1. The van der Waals surface area contributed by atoms with E-state index in [1.807, 2.05) is 17.0 Å². The summed E-state index contributed by atoms with van der Waals surface area (Å²) >= 11 is 3.40. The molecule has 2 fully saturated rings. The first-order valence-corrected chi connectivity index (χ1v) is 11.4. The summed E-state index contributed by atoms with van der Waals surface area (Å²) in [4.78, 5) is 45.3. The van der Waals surface area contributed by atoms with E-state index < -0.39 is 0 Å². The van der Waals surface area contributed by atoms with E-state index in [2.05, 4.69) is 20.9 Å². The molecule has 1 saturated heterocycles.